The molecule has 1 atom stereocenters. The van der Waals surface area contributed by atoms with E-state index in [0.29, 0.717) is 6.04 Å². The molecule has 1 saturated carbocycles. The van der Waals surface area contributed by atoms with Crippen molar-refractivity contribution in [3.63, 3.8) is 0 Å². The number of hydrazone groups is 1. The molecule has 2 aromatic rings. The van der Waals surface area contributed by atoms with Crippen LogP contribution in [-0.4, -0.2) is 16.4 Å². The molecule has 5 rings (SSSR count). The Morgan fingerprint density at radius 3 is 2.58 bits per heavy atom. The Labute approximate surface area is 150 Å². The Hall–Kier alpha value is -1.81. The molecular formula is C20H19BrN2O. The number of halogens is 1. The fourth-order valence-corrected chi connectivity index (χ4v) is 4.57. The molecular weight excluding hydrogens is 364 g/mol. The highest BCUT2D eigenvalue weighted by molar-refractivity contribution is 9.10. The second-order valence-electron chi connectivity index (χ2n) is 6.91. The van der Waals surface area contributed by atoms with Gasteiger partial charge < -0.3 is 4.74 Å². The quantitative estimate of drug-likeness (QED) is 0.671. The molecule has 0 bridgehead atoms. The van der Waals surface area contributed by atoms with Crippen molar-refractivity contribution in [3.05, 3.63) is 64.1 Å². The van der Waals surface area contributed by atoms with Crippen LogP contribution in [-0.2, 0) is 0 Å². The van der Waals surface area contributed by atoms with Gasteiger partial charge in [0.25, 0.3) is 0 Å². The van der Waals surface area contributed by atoms with E-state index in [1.807, 2.05) is 0 Å². The first-order valence-electron chi connectivity index (χ1n) is 8.66. The van der Waals surface area contributed by atoms with Gasteiger partial charge in [0.15, 0.2) is 5.72 Å². The van der Waals surface area contributed by atoms with E-state index >= 15 is 0 Å². The SMILES string of the molecule is Brc1ccc(C2=NN3[C@H](C2)c2ccccc2OC32CCCC2)cc1. The molecule has 2 aliphatic heterocycles. The standard InChI is InChI=1S/C20H19BrN2O/c21-15-9-7-14(8-10-15)17-13-18-16-5-1-2-6-19(16)24-20(23(18)22-17)11-3-4-12-20/h1-2,5-10,18H,3-4,11-13H2/t18-/m1/s1. The first kappa shape index (κ1) is 14.5. The van der Waals surface area contributed by atoms with E-state index in [1.165, 1.54) is 29.7 Å². The Morgan fingerprint density at radius 2 is 1.79 bits per heavy atom. The van der Waals surface area contributed by atoms with Gasteiger partial charge in [0.1, 0.15) is 5.75 Å². The maximum absolute atomic E-state index is 6.51. The largest absolute Gasteiger partial charge is 0.466 e. The average Bonchev–Trinajstić information content (AvgIpc) is 3.24. The van der Waals surface area contributed by atoms with E-state index < -0.39 is 0 Å². The molecule has 2 aromatic carbocycles. The summed E-state index contributed by atoms with van der Waals surface area (Å²) in [5, 5.41) is 7.33. The van der Waals surface area contributed by atoms with Gasteiger partial charge in [-0.15, -0.1) is 0 Å². The van der Waals surface area contributed by atoms with Crippen molar-refractivity contribution in [1.82, 2.24) is 5.01 Å². The summed E-state index contributed by atoms with van der Waals surface area (Å²) in [5.74, 6) is 1.05. The minimum atomic E-state index is -0.240. The third-order valence-electron chi connectivity index (χ3n) is 5.47. The normalized spacial score (nSPS) is 23.6. The predicted octanol–water partition coefficient (Wildman–Crippen LogP) is 5.26. The number of hydrogen-bond donors (Lipinski definition) is 0. The summed E-state index contributed by atoms with van der Waals surface area (Å²) in [7, 11) is 0. The van der Waals surface area contributed by atoms with Crippen molar-refractivity contribution in [1.29, 1.82) is 0 Å². The molecule has 3 nitrogen and oxygen atoms in total. The lowest BCUT2D eigenvalue weighted by molar-refractivity contribution is -0.114. The number of benzene rings is 2. The molecule has 3 aliphatic rings. The smallest absolute Gasteiger partial charge is 0.198 e. The van der Waals surface area contributed by atoms with Gasteiger partial charge in [-0.05, 0) is 36.6 Å². The monoisotopic (exact) mass is 382 g/mol. The summed E-state index contributed by atoms with van der Waals surface area (Å²) in [6, 6.07) is 17.2. The summed E-state index contributed by atoms with van der Waals surface area (Å²) in [6.45, 7) is 0. The molecule has 1 aliphatic carbocycles. The van der Waals surface area contributed by atoms with Crippen molar-refractivity contribution in [2.45, 2.75) is 43.9 Å². The highest BCUT2D eigenvalue weighted by Crippen LogP contribution is 2.51. The van der Waals surface area contributed by atoms with E-state index in [1.54, 1.807) is 0 Å². The number of ether oxygens (including phenoxy) is 1. The fraction of sp³-hybridized carbons (Fsp3) is 0.350. The van der Waals surface area contributed by atoms with Crippen LogP contribution in [0.1, 0.15) is 49.3 Å². The molecule has 4 heteroatoms. The van der Waals surface area contributed by atoms with Crippen LogP contribution in [0.15, 0.2) is 58.1 Å². The zero-order chi connectivity index (χ0) is 16.1. The second-order valence-corrected chi connectivity index (χ2v) is 7.83. The maximum atomic E-state index is 6.51. The van der Waals surface area contributed by atoms with Crippen LogP contribution in [0.2, 0.25) is 0 Å². The van der Waals surface area contributed by atoms with Gasteiger partial charge >= 0.3 is 0 Å². The lowest BCUT2D eigenvalue weighted by Gasteiger charge is -2.45. The van der Waals surface area contributed by atoms with Gasteiger partial charge in [0.05, 0.1) is 11.8 Å². The third kappa shape index (κ3) is 2.12. The van der Waals surface area contributed by atoms with Crippen molar-refractivity contribution in [3.8, 4) is 5.75 Å². The molecule has 0 N–H and O–H groups in total. The fourth-order valence-electron chi connectivity index (χ4n) is 4.30. The minimum Gasteiger partial charge on any atom is -0.466 e. The van der Waals surface area contributed by atoms with Gasteiger partial charge in [-0.25, -0.2) is 5.01 Å². The molecule has 24 heavy (non-hydrogen) atoms. The van der Waals surface area contributed by atoms with Crippen LogP contribution in [0.4, 0.5) is 0 Å². The molecule has 122 valence electrons. The summed E-state index contributed by atoms with van der Waals surface area (Å²) >= 11 is 3.51. The van der Waals surface area contributed by atoms with E-state index in [2.05, 4.69) is 69.5 Å². The minimum absolute atomic E-state index is 0.240. The van der Waals surface area contributed by atoms with Gasteiger partial charge in [-0.1, -0.05) is 46.3 Å². The first-order valence-corrected chi connectivity index (χ1v) is 9.45. The number of hydrogen-bond acceptors (Lipinski definition) is 3. The Morgan fingerprint density at radius 1 is 1.04 bits per heavy atom. The Balaban J connectivity index is 1.59. The maximum Gasteiger partial charge on any atom is 0.198 e. The molecule has 0 saturated heterocycles. The number of fused-ring (bicyclic) bond motifs is 4. The highest BCUT2D eigenvalue weighted by atomic mass is 79.9. The van der Waals surface area contributed by atoms with Gasteiger partial charge in [0.2, 0.25) is 0 Å². The first-order chi connectivity index (χ1) is 11.8. The Bertz CT molecular complexity index is 809. The van der Waals surface area contributed by atoms with Crippen LogP contribution in [0.5, 0.6) is 5.75 Å². The van der Waals surface area contributed by atoms with Crippen molar-refractivity contribution in [2.75, 3.05) is 0 Å². The zero-order valence-electron chi connectivity index (χ0n) is 13.4. The molecule has 0 amide bonds. The van der Waals surface area contributed by atoms with Crippen LogP contribution >= 0.6 is 15.9 Å². The lowest BCUT2D eigenvalue weighted by atomic mass is 9.94. The lowest BCUT2D eigenvalue weighted by Crippen LogP contribution is -2.51. The number of nitrogens with zero attached hydrogens (tertiary/aromatic N) is 2. The number of rotatable bonds is 1. The van der Waals surface area contributed by atoms with Crippen molar-refractivity contribution >= 4 is 21.6 Å². The zero-order valence-corrected chi connectivity index (χ0v) is 15.0. The van der Waals surface area contributed by atoms with Gasteiger partial charge in [0, 0.05) is 29.3 Å². The molecule has 1 fully saturated rings. The summed E-state index contributed by atoms with van der Waals surface area (Å²) < 4.78 is 7.61. The van der Waals surface area contributed by atoms with Crippen molar-refractivity contribution in [2.24, 2.45) is 5.10 Å². The van der Waals surface area contributed by atoms with Gasteiger partial charge in [-0.3, -0.25) is 0 Å². The molecule has 2 heterocycles. The van der Waals surface area contributed by atoms with E-state index in [-0.39, 0.29) is 5.72 Å². The van der Waals surface area contributed by atoms with Crippen molar-refractivity contribution < 1.29 is 4.74 Å². The Kier molecular flexibility index (Phi) is 3.24. The van der Waals surface area contributed by atoms with Crippen LogP contribution in [0.3, 0.4) is 0 Å². The van der Waals surface area contributed by atoms with Crippen LogP contribution in [0, 0.1) is 0 Å². The molecule has 0 aromatic heterocycles. The van der Waals surface area contributed by atoms with Gasteiger partial charge in [-0.2, -0.15) is 5.10 Å². The number of para-hydroxylation sites is 1. The van der Waals surface area contributed by atoms with E-state index in [9.17, 15) is 0 Å². The molecule has 0 unspecified atom stereocenters. The van der Waals surface area contributed by atoms with E-state index in [0.717, 1.165) is 29.5 Å². The van der Waals surface area contributed by atoms with Crippen LogP contribution in [0.25, 0.3) is 0 Å². The summed E-state index contributed by atoms with van der Waals surface area (Å²) in [4.78, 5) is 0. The molecule has 0 radical (unpaired) electrons. The van der Waals surface area contributed by atoms with E-state index in [4.69, 9.17) is 9.84 Å². The summed E-state index contributed by atoms with van der Waals surface area (Å²) in [6.07, 6.45) is 5.51. The average molecular weight is 383 g/mol. The third-order valence-corrected chi connectivity index (χ3v) is 6.00. The predicted molar refractivity (Wildman–Crippen MR) is 98.1 cm³/mol. The highest BCUT2D eigenvalue weighted by Gasteiger charge is 2.51. The summed E-state index contributed by atoms with van der Waals surface area (Å²) in [5.41, 5.74) is 3.40. The topological polar surface area (TPSA) is 24.8 Å². The van der Waals surface area contributed by atoms with Crippen LogP contribution < -0.4 is 4.74 Å². The second kappa shape index (κ2) is 5.35. The molecule has 1 spiro atoms.